The number of hydrogen-bond acceptors (Lipinski definition) is 3. The standard InChI is InChI=1S/C14H25N3O/c1-4-7-13(15)14(18)17(11-10-16(2)3)12-8-5-6-9-12/h1,12-13H,5-11,15H2,2-3H3. The number of carbonyl (C=O) groups excluding carboxylic acids is 1. The van der Waals surface area contributed by atoms with Crippen LogP contribution in [0.15, 0.2) is 0 Å². The minimum atomic E-state index is -0.544. The number of hydrogen-bond donors (Lipinski definition) is 1. The fourth-order valence-corrected chi connectivity index (χ4v) is 2.42. The molecular weight excluding hydrogens is 226 g/mol. The summed E-state index contributed by atoms with van der Waals surface area (Å²) in [4.78, 5) is 16.4. The van der Waals surface area contributed by atoms with Gasteiger partial charge in [-0.2, -0.15) is 0 Å². The monoisotopic (exact) mass is 251 g/mol. The van der Waals surface area contributed by atoms with Gasteiger partial charge in [0.2, 0.25) is 5.91 Å². The Bertz CT molecular complexity index is 303. The summed E-state index contributed by atoms with van der Waals surface area (Å²) in [7, 11) is 4.03. The maximum atomic E-state index is 12.3. The fraction of sp³-hybridized carbons (Fsp3) is 0.786. The molecule has 0 saturated heterocycles. The molecule has 2 N–H and O–H groups in total. The summed E-state index contributed by atoms with van der Waals surface area (Å²) in [5, 5.41) is 0. The topological polar surface area (TPSA) is 49.6 Å². The van der Waals surface area contributed by atoms with Crippen LogP contribution in [0.5, 0.6) is 0 Å². The zero-order valence-corrected chi connectivity index (χ0v) is 11.6. The summed E-state index contributed by atoms with van der Waals surface area (Å²) in [5.41, 5.74) is 5.86. The second kappa shape index (κ2) is 7.40. The van der Waals surface area contributed by atoms with E-state index in [1.807, 2.05) is 19.0 Å². The van der Waals surface area contributed by atoms with Crippen LogP contribution >= 0.6 is 0 Å². The van der Waals surface area contributed by atoms with Crippen molar-refractivity contribution in [3.63, 3.8) is 0 Å². The molecule has 4 nitrogen and oxygen atoms in total. The Morgan fingerprint density at radius 3 is 2.50 bits per heavy atom. The lowest BCUT2D eigenvalue weighted by Crippen LogP contribution is -2.49. The molecule has 4 heteroatoms. The lowest BCUT2D eigenvalue weighted by Gasteiger charge is -2.32. The highest BCUT2D eigenvalue weighted by molar-refractivity contribution is 5.82. The number of likely N-dealkylation sites (N-methyl/N-ethyl adjacent to an activating group) is 1. The summed E-state index contributed by atoms with van der Waals surface area (Å²) in [6, 6.07) is -0.181. The van der Waals surface area contributed by atoms with Crippen molar-refractivity contribution in [1.29, 1.82) is 0 Å². The van der Waals surface area contributed by atoms with Crippen LogP contribution < -0.4 is 5.73 Å². The molecule has 18 heavy (non-hydrogen) atoms. The Labute approximate surface area is 110 Å². The third kappa shape index (κ3) is 4.32. The van der Waals surface area contributed by atoms with Crippen molar-refractivity contribution in [3.05, 3.63) is 0 Å². The highest BCUT2D eigenvalue weighted by Gasteiger charge is 2.29. The Kier molecular flexibility index (Phi) is 6.17. The van der Waals surface area contributed by atoms with Gasteiger partial charge in [0.25, 0.3) is 0 Å². The van der Waals surface area contributed by atoms with Crippen molar-refractivity contribution in [3.8, 4) is 12.3 Å². The fourth-order valence-electron chi connectivity index (χ4n) is 2.42. The molecule has 0 radical (unpaired) electrons. The number of nitrogens with zero attached hydrogens (tertiary/aromatic N) is 2. The first-order valence-electron chi connectivity index (χ1n) is 6.70. The van der Waals surface area contributed by atoms with E-state index in [-0.39, 0.29) is 5.91 Å². The molecule has 1 amide bonds. The number of carbonyl (C=O) groups is 1. The van der Waals surface area contributed by atoms with E-state index in [2.05, 4.69) is 10.8 Å². The Morgan fingerprint density at radius 1 is 1.39 bits per heavy atom. The van der Waals surface area contributed by atoms with Crippen LogP contribution in [-0.4, -0.2) is 55.0 Å². The SMILES string of the molecule is C#CCC(N)C(=O)N(CCN(C)C)C1CCCC1. The van der Waals surface area contributed by atoms with Gasteiger partial charge in [-0.15, -0.1) is 12.3 Å². The molecule has 1 atom stereocenters. The number of amides is 1. The van der Waals surface area contributed by atoms with Crippen molar-refractivity contribution >= 4 is 5.91 Å². The lowest BCUT2D eigenvalue weighted by atomic mass is 10.1. The van der Waals surface area contributed by atoms with Crippen molar-refractivity contribution in [2.24, 2.45) is 5.73 Å². The van der Waals surface area contributed by atoms with Crippen molar-refractivity contribution < 1.29 is 4.79 Å². The molecule has 1 fully saturated rings. The van der Waals surface area contributed by atoms with Crippen LogP contribution in [0, 0.1) is 12.3 Å². The summed E-state index contributed by atoms with van der Waals surface area (Å²) < 4.78 is 0. The molecular formula is C14H25N3O. The molecule has 0 aromatic carbocycles. The maximum Gasteiger partial charge on any atom is 0.240 e. The summed E-state index contributed by atoms with van der Waals surface area (Å²) in [5.74, 6) is 2.49. The van der Waals surface area contributed by atoms with Gasteiger partial charge in [0.05, 0.1) is 6.04 Å². The molecule has 1 saturated carbocycles. The minimum Gasteiger partial charge on any atom is -0.337 e. The lowest BCUT2D eigenvalue weighted by molar-refractivity contribution is -0.134. The van der Waals surface area contributed by atoms with Crippen molar-refractivity contribution in [2.75, 3.05) is 27.2 Å². The molecule has 102 valence electrons. The van der Waals surface area contributed by atoms with Gasteiger partial charge in [-0.25, -0.2) is 0 Å². The van der Waals surface area contributed by atoms with Crippen LogP contribution in [-0.2, 0) is 4.79 Å². The van der Waals surface area contributed by atoms with Gasteiger partial charge < -0.3 is 15.5 Å². The van der Waals surface area contributed by atoms with Gasteiger partial charge in [-0.1, -0.05) is 12.8 Å². The molecule has 0 bridgehead atoms. The molecule has 1 aliphatic rings. The van der Waals surface area contributed by atoms with E-state index in [9.17, 15) is 4.79 Å². The van der Waals surface area contributed by atoms with Crippen LogP contribution in [0.1, 0.15) is 32.1 Å². The van der Waals surface area contributed by atoms with E-state index < -0.39 is 6.04 Å². The van der Waals surface area contributed by atoms with Crippen LogP contribution in [0.2, 0.25) is 0 Å². The smallest absolute Gasteiger partial charge is 0.240 e. The third-order valence-electron chi connectivity index (χ3n) is 3.49. The van der Waals surface area contributed by atoms with E-state index in [1.165, 1.54) is 12.8 Å². The summed E-state index contributed by atoms with van der Waals surface area (Å²) in [6.45, 7) is 1.61. The average Bonchev–Trinajstić information content (AvgIpc) is 2.82. The van der Waals surface area contributed by atoms with E-state index in [0.29, 0.717) is 12.5 Å². The molecule has 1 rings (SSSR count). The van der Waals surface area contributed by atoms with Gasteiger partial charge in [0.15, 0.2) is 0 Å². The molecule has 0 heterocycles. The van der Waals surface area contributed by atoms with Crippen molar-refractivity contribution in [2.45, 2.75) is 44.2 Å². The molecule has 0 aliphatic heterocycles. The molecule has 0 aromatic heterocycles. The third-order valence-corrected chi connectivity index (χ3v) is 3.49. The summed E-state index contributed by atoms with van der Waals surface area (Å²) in [6.07, 6.45) is 10.2. The molecule has 0 aromatic rings. The van der Waals surface area contributed by atoms with Crippen LogP contribution in [0.25, 0.3) is 0 Å². The first kappa shape index (κ1) is 15.0. The van der Waals surface area contributed by atoms with Gasteiger partial charge in [0, 0.05) is 25.6 Å². The van der Waals surface area contributed by atoms with E-state index in [1.54, 1.807) is 0 Å². The second-order valence-electron chi connectivity index (χ2n) is 5.29. The predicted octanol–water partition coefficient (Wildman–Crippen LogP) is 0.670. The van der Waals surface area contributed by atoms with Gasteiger partial charge in [-0.05, 0) is 26.9 Å². The zero-order chi connectivity index (χ0) is 13.5. The quantitative estimate of drug-likeness (QED) is 0.706. The number of terminal acetylenes is 1. The first-order chi connectivity index (χ1) is 8.56. The van der Waals surface area contributed by atoms with Gasteiger partial charge in [0.1, 0.15) is 0 Å². The maximum absolute atomic E-state index is 12.3. The minimum absolute atomic E-state index is 0.0155. The van der Waals surface area contributed by atoms with Crippen molar-refractivity contribution in [1.82, 2.24) is 9.80 Å². The zero-order valence-electron chi connectivity index (χ0n) is 11.6. The molecule has 0 spiro atoms. The average molecular weight is 251 g/mol. The van der Waals surface area contributed by atoms with E-state index in [4.69, 9.17) is 12.2 Å². The molecule has 1 unspecified atom stereocenters. The van der Waals surface area contributed by atoms with Crippen LogP contribution in [0.3, 0.4) is 0 Å². The second-order valence-corrected chi connectivity index (χ2v) is 5.29. The highest BCUT2D eigenvalue weighted by atomic mass is 16.2. The summed E-state index contributed by atoms with van der Waals surface area (Å²) >= 11 is 0. The largest absolute Gasteiger partial charge is 0.337 e. The normalized spacial score (nSPS) is 17.7. The van der Waals surface area contributed by atoms with E-state index in [0.717, 1.165) is 25.9 Å². The molecule has 1 aliphatic carbocycles. The highest BCUT2D eigenvalue weighted by Crippen LogP contribution is 2.24. The number of rotatable bonds is 6. The Balaban J connectivity index is 2.63. The van der Waals surface area contributed by atoms with Gasteiger partial charge in [-0.3, -0.25) is 4.79 Å². The van der Waals surface area contributed by atoms with E-state index >= 15 is 0 Å². The predicted molar refractivity (Wildman–Crippen MR) is 73.9 cm³/mol. The van der Waals surface area contributed by atoms with Gasteiger partial charge >= 0.3 is 0 Å². The number of nitrogens with two attached hydrogens (primary N) is 1. The van der Waals surface area contributed by atoms with Crippen LogP contribution in [0.4, 0.5) is 0 Å². The first-order valence-corrected chi connectivity index (χ1v) is 6.70. The Morgan fingerprint density at radius 2 is 2.00 bits per heavy atom. The Hall–Kier alpha value is -1.05.